The molecule has 2 atom stereocenters. The highest BCUT2D eigenvalue weighted by atomic mass is 31.3. The highest BCUT2D eigenvalue weighted by molar-refractivity contribution is 7.61. The van der Waals surface area contributed by atoms with Crippen molar-refractivity contribution >= 4 is 23.5 Å². The Hall–Kier alpha value is -2.57. The maximum Gasteiger partial charge on any atom is 0.484 e. The Morgan fingerprint density at radius 1 is 0.522 bits per heavy atom. The summed E-state index contributed by atoms with van der Waals surface area (Å²) in [5.41, 5.74) is 2.15. The van der Waals surface area contributed by atoms with E-state index in [1.165, 1.54) is 38.5 Å². The normalized spacial score (nSPS) is 14.4. The molecule has 0 saturated carbocycles. The molecular formula is C50H83O14P3. The molecule has 17 heteroatoms. The number of unbranched alkanes of at least 4 members (excludes halogenated alkanes) is 10. The van der Waals surface area contributed by atoms with Gasteiger partial charge in [-0.3, -0.25) is 9.05 Å². The second-order valence-corrected chi connectivity index (χ2v) is 25.3. The fraction of sp³-hybridized carbons (Fsp3) is 0.640. The topological polar surface area (TPSA) is 241 Å². The molecule has 0 fully saturated rings. The van der Waals surface area contributed by atoms with Gasteiger partial charge in [-0.2, -0.15) is 4.31 Å². The maximum absolute atomic E-state index is 15.3. The van der Waals surface area contributed by atoms with Crippen LogP contribution in [0.1, 0.15) is 209 Å². The van der Waals surface area contributed by atoms with Crippen molar-refractivity contribution in [2.24, 2.45) is 0 Å². The highest BCUT2D eigenvalue weighted by Crippen LogP contribution is 2.67. The summed E-state index contributed by atoms with van der Waals surface area (Å²) in [6, 6.07) is 10.6. The molecule has 0 aliphatic heterocycles. The molecule has 0 spiro atoms. The smallest absolute Gasteiger partial charge is 0.484 e. The van der Waals surface area contributed by atoms with Crippen molar-refractivity contribution < 1.29 is 66.8 Å². The lowest BCUT2D eigenvalue weighted by Crippen LogP contribution is -2.35. The summed E-state index contributed by atoms with van der Waals surface area (Å²) in [5.74, 6) is -0.170. The Morgan fingerprint density at radius 2 is 0.866 bits per heavy atom. The highest BCUT2D eigenvalue weighted by Gasteiger charge is 2.50. The van der Waals surface area contributed by atoms with E-state index >= 15 is 4.57 Å². The van der Waals surface area contributed by atoms with E-state index in [0.717, 1.165) is 42.4 Å². The number of hydrogen-bond acceptors (Lipinski definition) is 9. The Balaban J connectivity index is 0.00000292. The molecule has 2 unspecified atom stereocenters. The van der Waals surface area contributed by atoms with E-state index < -0.39 is 51.2 Å². The van der Waals surface area contributed by atoms with Gasteiger partial charge in [0.05, 0.1) is 6.61 Å². The van der Waals surface area contributed by atoms with Crippen LogP contribution in [0.2, 0.25) is 0 Å². The van der Waals surface area contributed by atoms with Crippen LogP contribution >= 0.6 is 23.5 Å². The molecule has 3 rings (SSSR count). The minimum absolute atomic E-state index is 0.0307. The van der Waals surface area contributed by atoms with E-state index in [9.17, 15) is 29.7 Å². The summed E-state index contributed by atoms with van der Waals surface area (Å²) >= 11 is 0. The van der Waals surface area contributed by atoms with Gasteiger partial charge in [-0.05, 0) is 136 Å². The Bertz CT molecular complexity index is 2150. The maximum atomic E-state index is 15.3. The number of phenolic OH excluding ortho intramolecular Hbond substituents is 3. The molecule has 0 aromatic heterocycles. The fourth-order valence-corrected chi connectivity index (χ4v) is 11.1. The molecule has 0 aliphatic rings. The largest absolute Gasteiger partial charge is 0.508 e. The predicted molar refractivity (Wildman–Crippen MR) is 267 cm³/mol. The third kappa shape index (κ3) is 19.3. The van der Waals surface area contributed by atoms with Gasteiger partial charge in [-0.15, -0.1) is 0 Å². The van der Waals surface area contributed by atoms with Gasteiger partial charge in [0.2, 0.25) is 0 Å². The number of phenols is 3. The van der Waals surface area contributed by atoms with E-state index in [-0.39, 0.29) is 30.3 Å². The number of phosphoric acid groups is 3. The van der Waals surface area contributed by atoms with Gasteiger partial charge in [-0.25, -0.2) is 13.7 Å². The zero-order valence-electron chi connectivity index (χ0n) is 42.6. The van der Waals surface area contributed by atoms with E-state index in [1.54, 1.807) is 32.0 Å². The van der Waals surface area contributed by atoms with Gasteiger partial charge in [0.15, 0.2) is 0 Å². The minimum atomic E-state index is -5.50. The number of benzene rings is 3. The standard InChI is InChI=1S/C50H80O10P2.H3O4P/c1-15-16-17-18-19-20-21-22-23-24-25-26-58-62(57,60-61(54,55)56)59-50(39-31-42(48(9,10)11)45(52)28-35(39)3,40-32-43(49(12,13)14)46(53)29-36(40)4)33-37(5)38-30-41(47(6,7)8)44(51)27-34(38)2;1-5(2,3)4/h27-32,37,51-53H,15-26,33H2,1-14H3,(H2,54,55,56);(H3,1,2,3,4). The SMILES string of the molecule is CCCCCCCCCCCCCOP(=O)(OC(CC(C)c1cc(C(C)(C)C)c(O)cc1C)(c1cc(C(C)(C)C)c(O)cc1C)c1cc(C(C)(C)C)c(O)cc1C)OP(=O)(O)O.O=P(O)(O)O. The van der Waals surface area contributed by atoms with Gasteiger partial charge in [0, 0.05) is 0 Å². The molecule has 382 valence electrons. The van der Waals surface area contributed by atoms with Gasteiger partial charge >= 0.3 is 23.5 Å². The van der Waals surface area contributed by atoms with E-state index in [0.29, 0.717) is 39.8 Å². The van der Waals surface area contributed by atoms with Crippen LogP contribution in [0, 0.1) is 20.8 Å². The van der Waals surface area contributed by atoms with Crippen LogP contribution in [0.5, 0.6) is 17.2 Å². The predicted octanol–water partition coefficient (Wildman–Crippen LogP) is 13.7. The van der Waals surface area contributed by atoms with Crippen molar-refractivity contribution in [2.75, 3.05) is 6.61 Å². The molecule has 0 bridgehead atoms. The van der Waals surface area contributed by atoms with Crippen LogP contribution in [0.3, 0.4) is 0 Å². The zero-order valence-corrected chi connectivity index (χ0v) is 45.3. The Morgan fingerprint density at radius 3 is 1.22 bits per heavy atom. The lowest BCUT2D eigenvalue weighted by molar-refractivity contribution is 0.0354. The Labute approximate surface area is 401 Å². The number of hydrogen-bond donors (Lipinski definition) is 8. The molecule has 0 aliphatic carbocycles. The molecule has 0 amide bonds. The van der Waals surface area contributed by atoms with Crippen molar-refractivity contribution in [3.05, 3.63) is 86.5 Å². The molecular weight excluding hydrogens is 917 g/mol. The van der Waals surface area contributed by atoms with E-state index in [1.807, 2.05) is 94.4 Å². The summed E-state index contributed by atoms with van der Waals surface area (Å²) < 4.78 is 55.1. The third-order valence-electron chi connectivity index (χ3n) is 12.0. The number of aryl methyl sites for hydroxylation is 3. The first-order chi connectivity index (χ1) is 30.5. The van der Waals surface area contributed by atoms with Crippen molar-refractivity contribution in [2.45, 2.75) is 202 Å². The van der Waals surface area contributed by atoms with Crippen LogP contribution < -0.4 is 0 Å². The molecule has 0 saturated heterocycles. The van der Waals surface area contributed by atoms with E-state index in [2.05, 4.69) is 6.92 Å². The summed E-state index contributed by atoms with van der Waals surface area (Å²) in [7, 11) is -15.3. The summed E-state index contributed by atoms with van der Waals surface area (Å²) in [5, 5.41) is 34.0. The molecule has 3 aromatic rings. The second kappa shape index (κ2) is 24.5. The number of phosphoric ester groups is 1. The lowest BCUT2D eigenvalue weighted by Gasteiger charge is -2.42. The van der Waals surface area contributed by atoms with Crippen molar-refractivity contribution in [1.29, 1.82) is 0 Å². The second-order valence-electron chi connectivity index (χ2n) is 21.3. The molecule has 3 aromatic carbocycles. The van der Waals surface area contributed by atoms with E-state index in [4.69, 9.17) is 32.6 Å². The molecule has 14 nitrogen and oxygen atoms in total. The third-order valence-corrected chi connectivity index (χ3v) is 14.6. The van der Waals surface area contributed by atoms with Crippen molar-refractivity contribution in [1.82, 2.24) is 0 Å². The van der Waals surface area contributed by atoms with Crippen LogP contribution in [-0.2, 0) is 48.9 Å². The average molecular weight is 1000 g/mol. The monoisotopic (exact) mass is 1000 g/mol. The van der Waals surface area contributed by atoms with Gasteiger partial charge in [-0.1, -0.05) is 146 Å². The minimum Gasteiger partial charge on any atom is -0.508 e. The number of aromatic hydroxyl groups is 3. The first kappa shape index (κ1) is 60.6. The van der Waals surface area contributed by atoms with Gasteiger partial charge in [0.25, 0.3) is 0 Å². The number of rotatable bonds is 22. The molecule has 8 N–H and O–H groups in total. The molecule has 0 heterocycles. The molecule has 67 heavy (non-hydrogen) atoms. The van der Waals surface area contributed by atoms with Crippen molar-refractivity contribution in [3.8, 4) is 17.2 Å². The fourth-order valence-electron chi connectivity index (χ4n) is 8.67. The molecule has 0 radical (unpaired) electrons. The van der Waals surface area contributed by atoms with Crippen LogP contribution in [0.15, 0.2) is 36.4 Å². The summed E-state index contributed by atoms with van der Waals surface area (Å²) in [6.45, 7) is 27.4. The van der Waals surface area contributed by atoms with Crippen molar-refractivity contribution in [3.63, 3.8) is 0 Å². The lowest BCUT2D eigenvalue weighted by atomic mass is 9.71. The average Bonchev–Trinajstić information content (AvgIpc) is 3.12. The Kier molecular flexibility index (Phi) is 22.2. The summed E-state index contributed by atoms with van der Waals surface area (Å²) in [4.78, 5) is 42.3. The first-order valence-electron chi connectivity index (χ1n) is 23.5. The zero-order chi connectivity index (χ0) is 51.6. The van der Waals surface area contributed by atoms with Crippen LogP contribution in [0.4, 0.5) is 0 Å². The van der Waals surface area contributed by atoms with Gasteiger partial charge in [0.1, 0.15) is 22.8 Å². The quantitative estimate of drug-likeness (QED) is 0.0345. The van der Waals surface area contributed by atoms with Crippen LogP contribution in [-0.4, -0.2) is 46.4 Å². The van der Waals surface area contributed by atoms with Gasteiger partial charge < -0.3 is 39.8 Å². The first-order valence-corrected chi connectivity index (χ1v) is 28.0. The van der Waals surface area contributed by atoms with Crippen LogP contribution in [0.25, 0.3) is 0 Å². The summed E-state index contributed by atoms with van der Waals surface area (Å²) in [6.07, 6.45) is 11.8.